The van der Waals surface area contributed by atoms with Crippen molar-refractivity contribution in [1.29, 1.82) is 0 Å². The summed E-state index contributed by atoms with van der Waals surface area (Å²) < 4.78 is 11.0. The van der Waals surface area contributed by atoms with E-state index < -0.39 is 5.41 Å². The van der Waals surface area contributed by atoms with Gasteiger partial charge >= 0.3 is 11.9 Å². The average molecular weight is 378 g/mol. The lowest BCUT2D eigenvalue weighted by Crippen LogP contribution is -2.25. The van der Waals surface area contributed by atoms with E-state index in [9.17, 15) is 9.59 Å². The first-order valence-electron chi connectivity index (χ1n) is 9.48. The van der Waals surface area contributed by atoms with Crippen molar-refractivity contribution in [3.63, 3.8) is 0 Å². The summed E-state index contributed by atoms with van der Waals surface area (Å²) in [5.74, 6) is -0.0826. The molecule has 2 aromatic rings. The monoisotopic (exact) mass is 378 g/mol. The minimum Gasteiger partial charge on any atom is -0.454 e. The van der Waals surface area contributed by atoms with Gasteiger partial charge < -0.3 is 9.47 Å². The molecule has 0 N–H and O–H groups in total. The number of fused-ring (bicyclic) bond motifs is 1. The molecule has 0 fully saturated rings. The van der Waals surface area contributed by atoms with Gasteiger partial charge in [0, 0.05) is 5.57 Å². The lowest BCUT2D eigenvalue weighted by atomic mass is 9.96. The molecule has 146 valence electrons. The summed E-state index contributed by atoms with van der Waals surface area (Å²) in [6.07, 6.45) is 1.39. The Hall–Kier alpha value is -2.88. The van der Waals surface area contributed by atoms with E-state index in [-0.39, 0.29) is 18.0 Å². The van der Waals surface area contributed by atoms with E-state index in [1.165, 1.54) is 5.56 Å². The SMILES string of the molecule is C=C(C)C(=O)OC1CCc2c(-c3ccc(OC(=O)C(C)(C)C)cc3)cccc21. The smallest absolute Gasteiger partial charge is 0.333 e. The van der Waals surface area contributed by atoms with Crippen LogP contribution in [0.25, 0.3) is 11.1 Å². The van der Waals surface area contributed by atoms with Gasteiger partial charge in [0.2, 0.25) is 0 Å². The summed E-state index contributed by atoms with van der Waals surface area (Å²) in [6, 6.07) is 13.6. The quantitative estimate of drug-likeness (QED) is 0.405. The molecule has 0 aromatic heterocycles. The van der Waals surface area contributed by atoms with Crippen molar-refractivity contribution >= 4 is 11.9 Å². The highest BCUT2D eigenvalue weighted by Crippen LogP contribution is 2.40. The minimum absolute atomic E-state index is 0.230. The molecule has 1 aliphatic rings. The van der Waals surface area contributed by atoms with Crippen molar-refractivity contribution in [3.8, 4) is 16.9 Å². The van der Waals surface area contributed by atoms with Crippen molar-refractivity contribution in [1.82, 2.24) is 0 Å². The van der Waals surface area contributed by atoms with Crippen LogP contribution >= 0.6 is 0 Å². The minimum atomic E-state index is -0.546. The number of esters is 2. The third-order valence-electron chi connectivity index (χ3n) is 4.80. The number of carbonyl (C=O) groups is 2. The summed E-state index contributed by atoms with van der Waals surface area (Å²) in [4.78, 5) is 23.9. The zero-order valence-corrected chi connectivity index (χ0v) is 16.9. The van der Waals surface area contributed by atoms with Crippen LogP contribution in [-0.2, 0) is 20.7 Å². The van der Waals surface area contributed by atoms with Crippen molar-refractivity contribution in [2.75, 3.05) is 0 Å². The predicted octanol–water partition coefficient (Wildman–Crippen LogP) is 5.41. The van der Waals surface area contributed by atoms with Crippen molar-refractivity contribution in [3.05, 3.63) is 65.7 Å². The molecule has 0 saturated carbocycles. The molecule has 4 heteroatoms. The Labute approximate surface area is 166 Å². The Morgan fingerprint density at radius 3 is 2.36 bits per heavy atom. The van der Waals surface area contributed by atoms with Crippen molar-refractivity contribution in [2.45, 2.75) is 46.6 Å². The molecule has 0 heterocycles. The Kier molecular flexibility index (Phi) is 5.41. The first-order valence-corrected chi connectivity index (χ1v) is 9.48. The Bertz CT molecular complexity index is 917. The third-order valence-corrected chi connectivity index (χ3v) is 4.80. The summed E-state index contributed by atoms with van der Waals surface area (Å²) >= 11 is 0. The van der Waals surface area contributed by atoms with Gasteiger partial charge in [-0.1, -0.05) is 36.9 Å². The summed E-state index contributed by atoms with van der Waals surface area (Å²) in [7, 11) is 0. The second-order valence-corrected chi connectivity index (χ2v) is 8.25. The molecular weight excluding hydrogens is 352 g/mol. The molecule has 0 radical (unpaired) electrons. The van der Waals surface area contributed by atoms with Gasteiger partial charge in [-0.25, -0.2) is 4.79 Å². The van der Waals surface area contributed by atoms with Gasteiger partial charge in [0.05, 0.1) is 5.41 Å². The van der Waals surface area contributed by atoms with Crippen LogP contribution in [0.15, 0.2) is 54.6 Å². The zero-order chi connectivity index (χ0) is 20.5. The van der Waals surface area contributed by atoms with Crippen LogP contribution in [0, 0.1) is 5.41 Å². The maximum Gasteiger partial charge on any atom is 0.333 e. The number of ether oxygens (including phenoxy) is 2. The molecule has 1 unspecified atom stereocenters. The van der Waals surface area contributed by atoms with E-state index in [1.807, 2.05) is 57.2 Å². The summed E-state index contributed by atoms with van der Waals surface area (Å²) in [5, 5.41) is 0. The zero-order valence-electron chi connectivity index (χ0n) is 16.9. The van der Waals surface area contributed by atoms with E-state index in [0.29, 0.717) is 11.3 Å². The van der Waals surface area contributed by atoms with E-state index in [0.717, 1.165) is 29.5 Å². The van der Waals surface area contributed by atoms with Crippen molar-refractivity contribution < 1.29 is 19.1 Å². The number of carbonyl (C=O) groups excluding carboxylic acids is 2. The molecule has 3 rings (SSSR count). The molecule has 0 spiro atoms. The molecule has 1 aliphatic carbocycles. The fraction of sp³-hybridized carbons (Fsp3) is 0.333. The second-order valence-electron chi connectivity index (χ2n) is 8.25. The van der Waals surface area contributed by atoms with Gasteiger partial charge in [-0.2, -0.15) is 0 Å². The van der Waals surface area contributed by atoms with Crippen LogP contribution in [0.1, 0.15) is 51.3 Å². The van der Waals surface area contributed by atoms with Crippen molar-refractivity contribution in [2.24, 2.45) is 5.41 Å². The molecular formula is C24H26O4. The topological polar surface area (TPSA) is 52.6 Å². The van der Waals surface area contributed by atoms with Crippen LogP contribution in [-0.4, -0.2) is 11.9 Å². The predicted molar refractivity (Wildman–Crippen MR) is 109 cm³/mol. The standard InChI is InChI=1S/C24H26O4/c1-15(2)22(25)28-21-14-13-19-18(7-6-8-20(19)21)16-9-11-17(12-10-16)27-23(26)24(3,4)5/h6-12,21H,1,13-14H2,2-5H3. The first kappa shape index (κ1) is 19.9. The number of hydrogen-bond donors (Lipinski definition) is 0. The van der Waals surface area contributed by atoms with Crippen LogP contribution in [0.5, 0.6) is 5.75 Å². The maximum atomic E-state index is 12.0. The van der Waals surface area contributed by atoms with E-state index in [1.54, 1.807) is 6.92 Å². The van der Waals surface area contributed by atoms with Gasteiger partial charge in [0.25, 0.3) is 0 Å². The van der Waals surface area contributed by atoms with E-state index >= 15 is 0 Å². The lowest BCUT2D eigenvalue weighted by molar-refractivity contribution is -0.144. The van der Waals surface area contributed by atoms with E-state index in [4.69, 9.17) is 9.47 Å². The van der Waals surface area contributed by atoms with Gasteiger partial charge in [0.1, 0.15) is 11.9 Å². The Balaban J connectivity index is 1.82. The Morgan fingerprint density at radius 2 is 1.75 bits per heavy atom. The molecule has 4 nitrogen and oxygen atoms in total. The molecule has 28 heavy (non-hydrogen) atoms. The average Bonchev–Trinajstić information content (AvgIpc) is 3.04. The van der Waals surface area contributed by atoms with Crippen LogP contribution in [0.4, 0.5) is 0 Å². The van der Waals surface area contributed by atoms with Gasteiger partial charge in [0.15, 0.2) is 0 Å². The first-order chi connectivity index (χ1) is 13.2. The van der Waals surface area contributed by atoms with Crippen LogP contribution in [0.3, 0.4) is 0 Å². The fourth-order valence-corrected chi connectivity index (χ4v) is 3.20. The molecule has 0 amide bonds. The molecule has 2 aromatic carbocycles. The largest absolute Gasteiger partial charge is 0.454 e. The maximum absolute atomic E-state index is 12.0. The van der Waals surface area contributed by atoms with Crippen LogP contribution < -0.4 is 4.74 Å². The number of hydrogen-bond acceptors (Lipinski definition) is 4. The second kappa shape index (κ2) is 7.63. The lowest BCUT2D eigenvalue weighted by Gasteiger charge is -2.17. The highest BCUT2D eigenvalue weighted by molar-refractivity contribution is 5.87. The summed E-state index contributed by atoms with van der Waals surface area (Å²) in [6.45, 7) is 10.8. The summed E-state index contributed by atoms with van der Waals surface area (Å²) in [5.41, 5.74) is 4.26. The van der Waals surface area contributed by atoms with Crippen LogP contribution in [0.2, 0.25) is 0 Å². The number of benzene rings is 2. The molecule has 1 atom stereocenters. The third kappa shape index (κ3) is 4.16. The highest BCUT2D eigenvalue weighted by atomic mass is 16.5. The normalized spacial score (nSPS) is 15.6. The molecule has 0 saturated heterocycles. The molecule has 0 aliphatic heterocycles. The highest BCUT2D eigenvalue weighted by Gasteiger charge is 2.28. The van der Waals surface area contributed by atoms with Gasteiger partial charge in [-0.05, 0) is 74.9 Å². The molecule has 0 bridgehead atoms. The Morgan fingerprint density at radius 1 is 1.07 bits per heavy atom. The van der Waals surface area contributed by atoms with Gasteiger partial charge in [-0.15, -0.1) is 0 Å². The number of rotatable bonds is 4. The van der Waals surface area contributed by atoms with E-state index in [2.05, 4.69) is 12.6 Å². The fourth-order valence-electron chi connectivity index (χ4n) is 3.20. The van der Waals surface area contributed by atoms with Gasteiger partial charge in [-0.3, -0.25) is 4.79 Å².